The molecule has 2 aliphatic carbocycles. The molecule has 0 aromatic heterocycles. The molecule has 0 saturated heterocycles. The largest absolute Gasteiger partial charge is 0.448 e. The second-order valence-corrected chi connectivity index (χ2v) is 11.8. The van der Waals surface area contributed by atoms with Crippen molar-refractivity contribution in [2.45, 2.75) is 49.8 Å². The normalized spacial score (nSPS) is 15.9. The van der Waals surface area contributed by atoms with Gasteiger partial charge in [-0.05, 0) is 60.1 Å². The Balaban J connectivity index is 1.38. The van der Waals surface area contributed by atoms with Gasteiger partial charge < -0.3 is 4.74 Å². The third-order valence-corrected chi connectivity index (χ3v) is 9.22. The predicted octanol–water partition coefficient (Wildman–Crippen LogP) is 7.07. The van der Waals surface area contributed by atoms with Crippen LogP contribution in [0.25, 0.3) is 11.1 Å². The molecule has 3 aromatic carbocycles. The SMILES string of the molecule is Cc1ccc(S(=O)(=O)N(C/C=C\C2CCCCC2)C(=O)OCC2c3ccccc3-c3ccccc32)cc1. The molecule has 0 bridgehead atoms. The summed E-state index contributed by atoms with van der Waals surface area (Å²) in [6.07, 6.45) is 8.85. The molecule has 37 heavy (non-hydrogen) atoms. The van der Waals surface area contributed by atoms with Crippen LogP contribution in [0.4, 0.5) is 4.79 Å². The quantitative estimate of drug-likeness (QED) is 0.316. The molecule has 0 spiro atoms. The van der Waals surface area contributed by atoms with E-state index in [1.54, 1.807) is 24.3 Å². The second-order valence-electron chi connectivity index (χ2n) is 9.98. The van der Waals surface area contributed by atoms with Gasteiger partial charge >= 0.3 is 6.09 Å². The van der Waals surface area contributed by atoms with Gasteiger partial charge in [0.1, 0.15) is 6.61 Å². The van der Waals surface area contributed by atoms with Crippen molar-refractivity contribution in [3.63, 3.8) is 0 Å². The van der Waals surface area contributed by atoms with E-state index in [2.05, 4.69) is 18.2 Å². The zero-order valence-electron chi connectivity index (χ0n) is 21.2. The van der Waals surface area contributed by atoms with Gasteiger partial charge in [0.25, 0.3) is 10.0 Å². The van der Waals surface area contributed by atoms with E-state index in [4.69, 9.17) is 4.74 Å². The molecule has 2 aliphatic rings. The van der Waals surface area contributed by atoms with E-state index in [9.17, 15) is 13.2 Å². The van der Waals surface area contributed by atoms with E-state index in [1.807, 2.05) is 49.4 Å². The molecule has 3 aromatic rings. The summed E-state index contributed by atoms with van der Waals surface area (Å²) in [7, 11) is -4.08. The molecule has 0 unspecified atom stereocenters. The van der Waals surface area contributed by atoms with Gasteiger partial charge in [0.2, 0.25) is 0 Å². The van der Waals surface area contributed by atoms with E-state index in [-0.39, 0.29) is 24.0 Å². The van der Waals surface area contributed by atoms with Gasteiger partial charge in [0.05, 0.1) is 11.4 Å². The average molecular weight is 516 g/mol. The Kier molecular flexibility index (Phi) is 7.47. The molecule has 0 radical (unpaired) electrons. The van der Waals surface area contributed by atoms with Gasteiger partial charge in [-0.15, -0.1) is 0 Å². The number of benzene rings is 3. The maximum atomic E-state index is 13.6. The van der Waals surface area contributed by atoms with Crippen LogP contribution in [0.5, 0.6) is 0 Å². The minimum Gasteiger partial charge on any atom is -0.448 e. The summed E-state index contributed by atoms with van der Waals surface area (Å²) in [4.78, 5) is 13.5. The van der Waals surface area contributed by atoms with E-state index >= 15 is 0 Å². The topological polar surface area (TPSA) is 63.7 Å². The zero-order chi connectivity index (χ0) is 25.8. The summed E-state index contributed by atoms with van der Waals surface area (Å²) in [6.45, 7) is 1.91. The Morgan fingerprint density at radius 2 is 1.49 bits per heavy atom. The molecule has 0 heterocycles. The highest BCUT2D eigenvalue weighted by Crippen LogP contribution is 2.44. The lowest BCUT2D eigenvalue weighted by Crippen LogP contribution is -2.38. The number of allylic oxidation sites excluding steroid dienone is 1. The molecule has 1 fully saturated rings. The van der Waals surface area contributed by atoms with Crippen molar-refractivity contribution in [1.82, 2.24) is 4.31 Å². The van der Waals surface area contributed by atoms with Crippen molar-refractivity contribution in [2.24, 2.45) is 5.92 Å². The van der Waals surface area contributed by atoms with Crippen molar-refractivity contribution < 1.29 is 17.9 Å². The van der Waals surface area contributed by atoms with E-state index in [1.165, 1.54) is 19.3 Å². The summed E-state index contributed by atoms with van der Waals surface area (Å²) in [5.74, 6) is 0.290. The Labute approximate surface area is 219 Å². The van der Waals surface area contributed by atoms with Gasteiger partial charge in [0, 0.05) is 5.92 Å². The van der Waals surface area contributed by atoms with Crippen molar-refractivity contribution in [1.29, 1.82) is 0 Å². The third kappa shape index (κ3) is 5.35. The highest BCUT2D eigenvalue weighted by atomic mass is 32.2. The summed E-state index contributed by atoms with van der Waals surface area (Å²) in [5, 5.41) is 0. The number of carbonyl (C=O) groups is 1. The van der Waals surface area contributed by atoms with Gasteiger partial charge in [-0.2, -0.15) is 4.31 Å². The van der Waals surface area contributed by atoms with Crippen LogP contribution in [0.15, 0.2) is 89.8 Å². The molecule has 1 saturated carbocycles. The first kappa shape index (κ1) is 25.3. The molecule has 192 valence electrons. The number of amides is 1. The van der Waals surface area contributed by atoms with Crippen molar-refractivity contribution in [3.05, 3.63) is 102 Å². The first-order valence-corrected chi connectivity index (χ1v) is 14.5. The minimum atomic E-state index is -4.08. The Morgan fingerprint density at radius 1 is 0.892 bits per heavy atom. The summed E-state index contributed by atoms with van der Waals surface area (Å²) in [5.41, 5.74) is 5.37. The number of carbonyl (C=O) groups excluding carboxylic acids is 1. The number of ether oxygens (including phenoxy) is 1. The molecule has 6 heteroatoms. The Bertz CT molecular complexity index is 1340. The van der Waals surface area contributed by atoms with Crippen LogP contribution in [-0.4, -0.2) is 32.0 Å². The minimum absolute atomic E-state index is 0.0522. The Hall–Kier alpha value is -3.38. The van der Waals surface area contributed by atoms with Crippen LogP contribution >= 0.6 is 0 Å². The maximum Gasteiger partial charge on any atom is 0.424 e. The van der Waals surface area contributed by atoms with Gasteiger partial charge in [-0.25, -0.2) is 13.2 Å². The standard InChI is InChI=1S/C31H33NO4S/c1-23-17-19-25(20-18-23)37(34,35)32(21-9-12-24-10-3-2-4-11-24)31(33)36-22-30-28-15-7-5-13-26(28)27-14-6-8-16-29(27)30/h5-9,12-20,24,30H,2-4,10-11,21-22H2,1H3/b12-9-. The number of hydrogen-bond acceptors (Lipinski definition) is 4. The molecule has 5 nitrogen and oxygen atoms in total. The summed E-state index contributed by atoms with van der Waals surface area (Å²) >= 11 is 0. The molecule has 1 amide bonds. The average Bonchev–Trinajstić information content (AvgIpc) is 3.24. The molecular formula is C31H33NO4S. The van der Waals surface area contributed by atoms with Crippen molar-refractivity contribution >= 4 is 16.1 Å². The van der Waals surface area contributed by atoms with Crippen molar-refractivity contribution in [2.75, 3.05) is 13.2 Å². The van der Waals surface area contributed by atoms with Crippen molar-refractivity contribution in [3.8, 4) is 11.1 Å². The van der Waals surface area contributed by atoms with Gasteiger partial charge in [-0.3, -0.25) is 0 Å². The fourth-order valence-electron chi connectivity index (χ4n) is 5.45. The van der Waals surface area contributed by atoms with Crippen LogP contribution in [-0.2, 0) is 14.8 Å². The molecule has 0 aliphatic heterocycles. The molecule has 0 atom stereocenters. The lowest BCUT2D eigenvalue weighted by Gasteiger charge is -2.23. The fourth-order valence-corrected chi connectivity index (χ4v) is 6.72. The fraction of sp³-hybridized carbons (Fsp3) is 0.323. The lowest BCUT2D eigenvalue weighted by atomic mass is 9.89. The lowest BCUT2D eigenvalue weighted by molar-refractivity contribution is 0.125. The number of sulfonamides is 1. The van der Waals surface area contributed by atoms with E-state index < -0.39 is 16.1 Å². The molecular weight excluding hydrogens is 482 g/mol. The monoisotopic (exact) mass is 515 g/mol. The third-order valence-electron chi connectivity index (χ3n) is 7.48. The van der Waals surface area contributed by atoms with Crippen LogP contribution < -0.4 is 0 Å². The van der Waals surface area contributed by atoms with Crippen LogP contribution in [0.1, 0.15) is 54.7 Å². The van der Waals surface area contributed by atoms with Crippen LogP contribution in [0.2, 0.25) is 0 Å². The number of fused-ring (bicyclic) bond motifs is 3. The molecule has 0 N–H and O–H groups in total. The highest BCUT2D eigenvalue weighted by molar-refractivity contribution is 7.89. The Morgan fingerprint density at radius 3 is 2.11 bits per heavy atom. The van der Waals surface area contributed by atoms with Crippen LogP contribution in [0, 0.1) is 12.8 Å². The van der Waals surface area contributed by atoms with Crippen LogP contribution in [0.3, 0.4) is 0 Å². The van der Waals surface area contributed by atoms with E-state index in [0.29, 0.717) is 5.92 Å². The zero-order valence-corrected chi connectivity index (χ0v) is 22.0. The second kappa shape index (κ2) is 10.9. The number of aryl methyl sites for hydroxylation is 1. The van der Waals surface area contributed by atoms with E-state index in [0.717, 1.165) is 45.0 Å². The maximum absolute atomic E-state index is 13.6. The van der Waals surface area contributed by atoms with Gasteiger partial charge in [0.15, 0.2) is 0 Å². The number of nitrogens with zero attached hydrogens (tertiary/aromatic N) is 1. The smallest absolute Gasteiger partial charge is 0.424 e. The predicted molar refractivity (Wildman–Crippen MR) is 146 cm³/mol. The van der Waals surface area contributed by atoms with Gasteiger partial charge in [-0.1, -0.05) is 97.6 Å². The highest BCUT2D eigenvalue weighted by Gasteiger charge is 2.33. The first-order chi connectivity index (χ1) is 17.9. The summed E-state index contributed by atoms with van der Waals surface area (Å²) < 4.78 is 33.7. The number of hydrogen-bond donors (Lipinski definition) is 0. The summed E-state index contributed by atoms with van der Waals surface area (Å²) in [6, 6.07) is 22.7. The first-order valence-electron chi connectivity index (χ1n) is 13.1. The molecule has 5 rings (SSSR count). The number of rotatable bonds is 7.